The largest absolute Gasteiger partial charge is 0.481 e. The molecule has 0 aliphatic rings. The Morgan fingerprint density at radius 3 is 2.25 bits per heavy atom. The molecule has 92 valence electrons. The highest BCUT2D eigenvalue weighted by atomic mass is 19.3. The zero-order valence-electron chi connectivity index (χ0n) is 7.88. The molecule has 0 amide bonds. The van der Waals surface area contributed by atoms with E-state index in [0.29, 0.717) is 0 Å². The lowest BCUT2D eigenvalue weighted by Gasteiger charge is -2.15. The minimum absolute atomic E-state index is 0.599. The Balaban J connectivity index is 4.17. The van der Waals surface area contributed by atoms with Gasteiger partial charge >= 0.3 is 24.3 Å². The molecule has 0 aliphatic carbocycles. The normalized spacial score (nSPS) is 11.3. The number of carboxylic acid groups (broad SMARTS) is 1. The average molecular weight is 244 g/mol. The van der Waals surface area contributed by atoms with Gasteiger partial charge in [-0.25, -0.2) is 13.6 Å². The molecule has 0 rings (SSSR count). The molecule has 0 radical (unpaired) electrons. The van der Waals surface area contributed by atoms with Crippen molar-refractivity contribution in [1.82, 2.24) is 0 Å². The number of hydrogen-bond donors (Lipinski definition) is 1. The van der Waals surface area contributed by atoms with Crippen molar-refractivity contribution in [2.24, 2.45) is 0 Å². The Kier molecular flexibility index (Phi) is 4.93. The third kappa shape index (κ3) is 4.76. The van der Waals surface area contributed by atoms with E-state index in [9.17, 15) is 27.2 Å². The van der Waals surface area contributed by atoms with Gasteiger partial charge in [0.15, 0.2) is 6.61 Å². The second kappa shape index (κ2) is 5.47. The van der Waals surface area contributed by atoms with E-state index in [1.165, 1.54) is 0 Å². The maximum Gasteiger partial charge on any atom is 0.340 e. The molecule has 0 saturated heterocycles. The first-order chi connectivity index (χ1) is 7.16. The first kappa shape index (κ1) is 14.4. The maximum absolute atomic E-state index is 12.3. The van der Waals surface area contributed by atoms with Crippen molar-refractivity contribution in [2.45, 2.75) is 18.8 Å². The number of alkyl halides is 4. The van der Waals surface area contributed by atoms with Gasteiger partial charge < -0.3 is 9.84 Å². The van der Waals surface area contributed by atoms with Crippen molar-refractivity contribution in [2.75, 3.05) is 6.61 Å². The van der Waals surface area contributed by atoms with Gasteiger partial charge in [0.2, 0.25) is 0 Å². The number of carbonyl (C=O) groups excluding carboxylic acids is 1. The fourth-order valence-corrected chi connectivity index (χ4v) is 0.582. The third-order valence-corrected chi connectivity index (χ3v) is 1.37. The fraction of sp³-hybridized carbons (Fsp3) is 0.500. The summed E-state index contributed by atoms with van der Waals surface area (Å²) in [7, 11) is 0. The van der Waals surface area contributed by atoms with Gasteiger partial charge in [-0.1, -0.05) is 6.58 Å². The number of rotatable bonds is 6. The molecule has 0 aromatic heterocycles. The van der Waals surface area contributed by atoms with Crippen LogP contribution in [0.15, 0.2) is 12.2 Å². The van der Waals surface area contributed by atoms with Crippen molar-refractivity contribution in [3.63, 3.8) is 0 Å². The smallest absolute Gasteiger partial charge is 0.340 e. The lowest BCUT2D eigenvalue weighted by molar-refractivity contribution is -0.177. The van der Waals surface area contributed by atoms with Gasteiger partial charge in [-0.15, -0.1) is 0 Å². The van der Waals surface area contributed by atoms with E-state index in [2.05, 4.69) is 11.3 Å². The summed E-state index contributed by atoms with van der Waals surface area (Å²) in [5, 5.41) is 8.21. The predicted octanol–water partition coefficient (Wildman–Crippen LogP) is 1.46. The number of halogens is 4. The number of hydrogen-bond acceptors (Lipinski definition) is 3. The van der Waals surface area contributed by atoms with Crippen LogP contribution in [0.3, 0.4) is 0 Å². The Labute approximate surface area is 87.5 Å². The van der Waals surface area contributed by atoms with E-state index in [0.717, 1.165) is 0 Å². The average Bonchev–Trinajstić information content (AvgIpc) is 2.12. The van der Waals surface area contributed by atoms with Crippen molar-refractivity contribution in [3.05, 3.63) is 12.2 Å². The summed E-state index contributed by atoms with van der Waals surface area (Å²) in [6.45, 7) is 1.14. The van der Waals surface area contributed by atoms with Crippen LogP contribution in [0.5, 0.6) is 0 Å². The summed E-state index contributed by atoms with van der Waals surface area (Å²) in [6, 6.07) is 0. The van der Waals surface area contributed by atoms with Crippen molar-refractivity contribution in [3.8, 4) is 0 Å². The van der Waals surface area contributed by atoms with E-state index < -0.39 is 42.9 Å². The van der Waals surface area contributed by atoms with Gasteiger partial charge in [-0.05, 0) is 0 Å². The monoisotopic (exact) mass is 244 g/mol. The number of ether oxygens (including phenoxy) is 1. The molecular weight excluding hydrogens is 236 g/mol. The number of aliphatic carboxylic acids is 1. The van der Waals surface area contributed by atoms with Crippen LogP contribution in [0.2, 0.25) is 0 Å². The first-order valence-electron chi connectivity index (χ1n) is 3.89. The van der Waals surface area contributed by atoms with Crippen LogP contribution in [-0.2, 0) is 14.3 Å². The Morgan fingerprint density at radius 2 is 1.88 bits per heavy atom. The lowest BCUT2D eigenvalue weighted by Crippen LogP contribution is -2.33. The summed E-state index contributed by atoms with van der Waals surface area (Å²) < 4.78 is 51.6. The van der Waals surface area contributed by atoms with E-state index >= 15 is 0 Å². The summed E-state index contributed by atoms with van der Waals surface area (Å²) in [5.74, 6) is -7.32. The van der Waals surface area contributed by atoms with Gasteiger partial charge in [0.05, 0.1) is 6.42 Å². The van der Waals surface area contributed by atoms with Crippen molar-refractivity contribution in [1.29, 1.82) is 0 Å². The molecule has 4 nitrogen and oxygen atoms in total. The third-order valence-electron chi connectivity index (χ3n) is 1.37. The SMILES string of the molecule is C=C(CC(=O)O)C(=O)OCC(F)(F)C(F)F. The quantitative estimate of drug-likeness (QED) is 0.436. The summed E-state index contributed by atoms with van der Waals surface area (Å²) in [5.41, 5.74) is -0.599. The van der Waals surface area contributed by atoms with Gasteiger partial charge in [-0.2, -0.15) is 8.78 Å². The van der Waals surface area contributed by atoms with Gasteiger partial charge in [0.1, 0.15) is 0 Å². The zero-order valence-corrected chi connectivity index (χ0v) is 7.88. The Bertz CT molecular complexity index is 300. The highest BCUT2D eigenvalue weighted by Gasteiger charge is 2.42. The van der Waals surface area contributed by atoms with Crippen molar-refractivity contribution < 1.29 is 37.0 Å². The van der Waals surface area contributed by atoms with Gasteiger partial charge in [-0.3, -0.25) is 4.79 Å². The van der Waals surface area contributed by atoms with Gasteiger partial charge in [0, 0.05) is 5.57 Å². The van der Waals surface area contributed by atoms with Crippen LogP contribution in [0.25, 0.3) is 0 Å². The molecule has 1 N–H and O–H groups in total. The molecule has 0 atom stereocenters. The second-order valence-electron chi connectivity index (χ2n) is 2.81. The van der Waals surface area contributed by atoms with Crippen LogP contribution in [0.1, 0.15) is 6.42 Å². The summed E-state index contributed by atoms with van der Waals surface area (Å²) >= 11 is 0. The molecule has 0 heterocycles. The highest BCUT2D eigenvalue weighted by molar-refractivity contribution is 5.92. The minimum atomic E-state index is -4.46. The molecule has 0 fully saturated rings. The molecule has 16 heavy (non-hydrogen) atoms. The van der Waals surface area contributed by atoms with Crippen LogP contribution in [0, 0.1) is 0 Å². The number of carboxylic acids is 1. The molecule has 0 aromatic carbocycles. The topological polar surface area (TPSA) is 63.6 Å². The minimum Gasteiger partial charge on any atom is -0.481 e. The van der Waals surface area contributed by atoms with E-state index in [1.807, 2.05) is 0 Å². The molecule has 0 aromatic rings. The fourth-order valence-electron chi connectivity index (χ4n) is 0.582. The van der Waals surface area contributed by atoms with E-state index in [1.54, 1.807) is 0 Å². The summed E-state index contributed by atoms with van der Waals surface area (Å²) in [6.07, 6.45) is -4.77. The molecule has 8 heteroatoms. The number of esters is 1. The van der Waals surface area contributed by atoms with Crippen LogP contribution in [0.4, 0.5) is 17.6 Å². The molecule has 0 unspecified atom stereocenters. The standard InChI is InChI=1S/C8H8F4O4/c1-4(2-5(13)14)6(15)16-3-8(11,12)7(9)10/h7H,1-3H2,(H,13,14). The van der Waals surface area contributed by atoms with Gasteiger partial charge in [0.25, 0.3) is 0 Å². The van der Waals surface area contributed by atoms with E-state index in [4.69, 9.17) is 5.11 Å². The van der Waals surface area contributed by atoms with Crippen LogP contribution < -0.4 is 0 Å². The highest BCUT2D eigenvalue weighted by Crippen LogP contribution is 2.23. The summed E-state index contributed by atoms with van der Waals surface area (Å²) in [4.78, 5) is 20.9. The Morgan fingerprint density at radius 1 is 1.38 bits per heavy atom. The van der Waals surface area contributed by atoms with E-state index in [-0.39, 0.29) is 0 Å². The van der Waals surface area contributed by atoms with Crippen molar-refractivity contribution >= 4 is 11.9 Å². The molecule has 0 spiro atoms. The maximum atomic E-state index is 12.3. The molecular formula is C8H8F4O4. The molecule has 0 saturated carbocycles. The zero-order chi connectivity index (χ0) is 12.9. The lowest BCUT2D eigenvalue weighted by atomic mass is 10.2. The first-order valence-corrected chi connectivity index (χ1v) is 3.89. The molecule has 0 aliphatic heterocycles. The number of carbonyl (C=O) groups is 2. The van der Waals surface area contributed by atoms with Crippen LogP contribution >= 0.6 is 0 Å². The second-order valence-corrected chi connectivity index (χ2v) is 2.81. The van der Waals surface area contributed by atoms with Crippen LogP contribution in [-0.4, -0.2) is 36.0 Å². The molecule has 0 bridgehead atoms. The predicted molar refractivity (Wildman–Crippen MR) is 43.3 cm³/mol. The Hall–Kier alpha value is -1.60.